The van der Waals surface area contributed by atoms with Crippen molar-refractivity contribution in [1.29, 1.82) is 0 Å². The van der Waals surface area contributed by atoms with E-state index in [0.717, 1.165) is 25.9 Å². The van der Waals surface area contributed by atoms with Crippen molar-refractivity contribution in [3.05, 3.63) is 17.5 Å². The van der Waals surface area contributed by atoms with Crippen molar-refractivity contribution in [2.45, 2.75) is 25.5 Å². The van der Waals surface area contributed by atoms with Gasteiger partial charge >= 0.3 is 0 Å². The number of aromatic nitrogens is 1. The summed E-state index contributed by atoms with van der Waals surface area (Å²) >= 11 is 0. The second-order valence-electron chi connectivity index (χ2n) is 6.13. The third-order valence-electron chi connectivity index (χ3n) is 4.35. The van der Waals surface area contributed by atoms with Crippen LogP contribution in [-0.4, -0.2) is 78.2 Å². The van der Waals surface area contributed by atoms with Gasteiger partial charge in [0.2, 0.25) is 0 Å². The number of rotatable bonds is 3. The van der Waals surface area contributed by atoms with Crippen LogP contribution >= 0.6 is 0 Å². The molecule has 1 aromatic rings. The van der Waals surface area contributed by atoms with Crippen molar-refractivity contribution in [2.75, 3.05) is 37.7 Å². The molecule has 0 unspecified atom stereocenters. The fourth-order valence-electron chi connectivity index (χ4n) is 2.86. The van der Waals surface area contributed by atoms with E-state index in [2.05, 4.69) is 10.1 Å². The molecule has 0 spiro atoms. The van der Waals surface area contributed by atoms with Gasteiger partial charge in [0.15, 0.2) is 21.3 Å². The zero-order valence-corrected chi connectivity index (χ0v) is 13.7. The predicted molar refractivity (Wildman–Crippen MR) is 81.6 cm³/mol. The summed E-state index contributed by atoms with van der Waals surface area (Å²) in [6.07, 6.45) is 1.25. The fourth-order valence-corrected chi connectivity index (χ4v) is 4.06. The van der Waals surface area contributed by atoms with E-state index in [4.69, 9.17) is 4.52 Å². The molecule has 0 atom stereocenters. The van der Waals surface area contributed by atoms with Gasteiger partial charge in [-0.25, -0.2) is 8.42 Å². The summed E-state index contributed by atoms with van der Waals surface area (Å²) in [7, 11) is -3.01. The lowest BCUT2D eigenvalue weighted by atomic mass is 10.1. The van der Waals surface area contributed by atoms with E-state index in [1.807, 2.05) is 0 Å². The minimum atomic E-state index is -3.01. The van der Waals surface area contributed by atoms with Crippen molar-refractivity contribution in [1.82, 2.24) is 15.0 Å². The molecule has 2 aliphatic rings. The SMILES string of the molecule is O=C(c1cc(CN2CCC(O)CC2)on1)N1CCS(=O)(=O)CC1. The van der Waals surface area contributed by atoms with Crippen molar-refractivity contribution in [3.8, 4) is 0 Å². The molecule has 2 saturated heterocycles. The smallest absolute Gasteiger partial charge is 0.276 e. The molecule has 0 radical (unpaired) electrons. The summed E-state index contributed by atoms with van der Waals surface area (Å²) in [4.78, 5) is 16.0. The lowest BCUT2D eigenvalue weighted by Gasteiger charge is -2.28. The predicted octanol–water partition coefficient (Wildman–Crippen LogP) is -0.498. The fraction of sp³-hybridized carbons (Fsp3) is 0.714. The van der Waals surface area contributed by atoms with E-state index >= 15 is 0 Å². The Kier molecular flexibility index (Phi) is 4.69. The Morgan fingerprint density at radius 2 is 1.91 bits per heavy atom. The van der Waals surface area contributed by atoms with Crippen molar-refractivity contribution in [2.24, 2.45) is 0 Å². The van der Waals surface area contributed by atoms with Gasteiger partial charge < -0.3 is 14.5 Å². The number of aliphatic hydroxyl groups excluding tert-OH is 1. The van der Waals surface area contributed by atoms with Crippen LogP contribution < -0.4 is 0 Å². The van der Waals surface area contributed by atoms with Gasteiger partial charge in [0, 0.05) is 32.2 Å². The molecular formula is C14H21N3O5S. The van der Waals surface area contributed by atoms with E-state index in [1.165, 1.54) is 4.90 Å². The minimum absolute atomic E-state index is 0.000444. The summed E-state index contributed by atoms with van der Waals surface area (Å²) in [5.74, 6) is 0.317. The molecule has 1 aromatic heterocycles. The highest BCUT2D eigenvalue weighted by molar-refractivity contribution is 7.91. The molecule has 2 aliphatic heterocycles. The summed E-state index contributed by atoms with van der Waals surface area (Å²) < 4.78 is 28.0. The summed E-state index contributed by atoms with van der Waals surface area (Å²) in [6, 6.07) is 1.62. The molecule has 9 heteroatoms. The number of nitrogens with zero attached hydrogens (tertiary/aromatic N) is 3. The Morgan fingerprint density at radius 1 is 1.26 bits per heavy atom. The van der Waals surface area contributed by atoms with E-state index in [9.17, 15) is 18.3 Å². The number of piperidine rings is 1. The minimum Gasteiger partial charge on any atom is -0.393 e. The van der Waals surface area contributed by atoms with Crippen LogP contribution in [-0.2, 0) is 16.4 Å². The molecular weight excluding hydrogens is 322 g/mol. The Morgan fingerprint density at radius 3 is 2.57 bits per heavy atom. The van der Waals surface area contributed by atoms with Gasteiger partial charge in [-0.05, 0) is 12.8 Å². The first kappa shape index (κ1) is 16.4. The number of carbonyl (C=O) groups excluding carboxylic acids is 1. The first-order valence-electron chi connectivity index (χ1n) is 7.79. The first-order valence-corrected chi connectivity index (χ1v) is 9.61. The summed E-state index contributed by atoms with van der Waals surface area (Å²) in [5.41, 5.74) is 0.219. The van der Waals surface area contributed by atoms with Crippen LogP contribution in [0.2, 0.25) is 0 Å². The second kappa shape index (κ2) is 6.58. The third-order valence-corrected chi connectivity index (χ3v) is 5.96. The topological polar surface area (TPSA) is 104 Å². The van der Waals surface area contributed by atoms with E-state index in [1.54, 1.807) is 6.07 Å². The molecule has 0 saturated carbocycles. The van der Waals surface area contributed by atoms with Gasteiger partial charge in [0.1, 0.15) is 0 Å². The number of sulfone groups is 1. The van der Waals surface area contributed by atoms with Crippen LogP contribution in [0.3, 0.4) is 0 Å². The lowest BCUT2D eigenvalue weighted by Crippen LogP contribution is -2.43. The zero-order chi connectivity index (χ0) is 16.4. The van der Waals surface area contributed by atoms with Gasteiger partial charge in [-0.1, -0.05) is 5.16 Å². The van der Waals surface area contributed by atoms with Crippen LogP contribution in [0.1, 0.15) is 29.1 Å². The molecule has 3 rings (SSSR count). The Balaban J connectivity index is 1.57. The maximum atomic E-state index is 12.3. The third kappa shape index (κ3) is 4.10. The largest absolute Gasteiger partial charge is 0.393 e. The summed E-state index contributed by atoms with van der Waals surface area (Å²) in [6.45, 7) is 2.53. The maximum Gasteiger partial charge on any atom is 0.276 e. The lowest BCUT2D eigenvalue weighted by molar-refractivity contribution is 0.0739. The van der Waals surface area contributed by atoms with Crippen molar-refractivity contribution < 1.29 is 22.8 Å². The molecule has 2 fully saturated rings. The standard InChI is InChI=1S/C14H21N3O5S/c18-11-1-3-16(4-2-11)10-12-9-13(15-22-12)14(19)17-5-7-23(20,21)8-6-17/h9,11,18H,1-8,10H2. The average Bonchev–Trinajstić information content (AvgIpc) is 2.97. The number of hydrogen-bond acceptors (Lipinski definition) is 7. The van der Waals surface area contributed by atoms with Gasteiger partial charge in [-0.2, -0.15) is 0 Å². The highest BCUT2D eigenvalue weighted by Crippen LogP contribution is 2.16. The molecule has 128 valence electrons. The number of carbonyl (C=O) groups is 1. The Hall–Kier alpha value is -1.45. The normalized spacial score (nSPS) is 23.1. The molecule has 0 aliphatic carbocycles. The van der Waals surface area contributed by atoms with Crippen molar-refractivity contribution in [3.63, 3.8) is 0 Å². The maximum absolute atomic E-state index is 12.3. The molecule has 1 N–H and O–H groups in total. The van der Waals surface area contributed by atoms with Gasteiger partial charge in [0.05, 0.1) is 24.2 Å². The van der Waals surface area contributed by atoms with E-state index in [-0.39, 0.29) is 42.3 Å². The van der Waals surface area contributed by atoms with Crippen LogP contribution in [0.5, 0.6) is 0 Å². The van der Waals surface area contributed by atoms with Crippen molar-refractivity contribution >= 4 is 15.7 Å². The molecule has 0 aromatic carbocycles. The van der Waals surface area contributed by atoms with E-state index in [0.29, 0.717) is 12.3 Å². The number of aliphatic hydroxyl groups is 1. The average molecular weight is 343 g/mol. The zero-order valence-electron chi connectivity index (χ0n) is 12.8. The molecule has 8 nitrogen and oxygen atoms in total. The van der Waals surface area contributed by atoms with Gasteiger partial charge in [-0.3, -0.25) is 9.69 Å². The first-order chi connectivity index (χ1) is 10.9. The molecule has 3 heterocycles. The van der Waals surface area contributed by atoms with Gasteiger partial charge in [0.25, 0.3) is 5.91 Å². The second-order valence-corrected chi connectivity index (χ2v) is 8.43. The molecule has 23 heavy (non-hydrogen) atoms. The summed E-state index contributed by atoms with van der Waals surface area (Å²) in [5, 5.41) is 13.3. The number of likely N-dealkylation sites (tertiary alicyclic amines) is 1. The molecule has 1 amide bonds. The van der Waals surface area contributed by atoms with Crippen LogP contribution in [0, 0.1) is 0 Å². The van der Waals surface area contributed by atoms with Crippen LogP contribution in [0.25, 0.3) is 0 Å². The monoisotopic (exact) mass is 343 g/mol. The number of hydrogen-bond donors (Lipinski definition) is 1. The van der Waals surface area contributed by atoms with Gasteiger partial charge in [-0.15, -0.1) is 0 Å². The highest BCUT2D eigenvalue weighted by Gasteiger charge is 2.28. The van der Waals surface area contributed by atoms with Crippen LogP contribution in [0.15, 0.2) is 10.6 Å². The molecule has 0 bridgehead atoms. The Bertz CT molecular complexity index is 650. The van der Waals surface area contributed by atoms with E-state index < -0.39 is 9.84 Å². The highest BCUT2D eigenvalue weighted by atomic mass is 32.2. The quantitative estimate of drug-likeness (QED) is 0.789. The number of amides is 1. The Labute approximate surface area is 135 Å². The van der Waals surface area contributed by atoms with Crippen LogP contribution in [0.4, 0.5) is 0 Å².